The van der Waals surface area contributed by atoms with Crippen LogP contribution in [0.25, 0.3) is 10.2 Å². The van der Waals surface area contributed by atoms with E-state index in [1.807, 2.05) is 23.6 Å². The van der Waals surface area contributed by atoms with E-state index in [0.29, 0.717) is 54.7 Å². The van der Waals surface area contributed by atoms with Crippen LogP contribution in [-0.4, -0.2) is 56.3 Å². The number of fused-ring (bicyclic) bond motifs is 2. The molecule has 3 aromatic rings. The third-order valence-corrected chi connectivity index (χ3v) is 8.35. The summed E-state index contributed by atoms with van der Waals surface area (Å²) < 4.78 is 45.9. The summed E-state index contributed by atoms with van der Waals surface area (Å²) in [6.45, 7) is 4.20. The Kier molecular flexibility index (Phi) is 5.49. The standard InChI is InChI=1S/C21H21N3O6S2/c1-2-24-16-11-17-18(30-13-29-17)12-19(16)31-21(24)22-20(25)14-3-5-15(6-4-14)32(26,27)23-7-9-28-10-8-23/h3-6,11-12H,2,7-10,13H2,1H3. The average molecular weight is 476 g/mol. The SMILES string of the molecule is CCn1c(=NC(=O)c2ccc(S(=O)(=O)N3CCOCC3)cc2)sc2cc3c(cc21)OCO3. The molecule has 32 heavy (non-hydrogen) atoms. The molecule has 11 heteroatoms. The fourth-order valence-corrected chi connectivity index (χ4v) is 6.22. The first-order valence-electron chi connectivity index (χ1n) is 10.2. The second-order valence-corrected chi connectivity index (χ2v) is 10.2. The van der Waals surface area contributed by atoms with Gasteiger partial charge in [0.15, 0.2) is 16.3 Å². The number of aromatic nitrogens is 1. The molecule has 0 atom stereocenters. The van der Waals surface area contributed by atoms with Crippen molar-refractivity contribution in [1.29, 1.82) is 0 Å². The molecule has 2 aliphatic heterocycles. The van der Waals surface area contributed by atoms with Crippen molar-refractivity contribution in [3.05, 3.63) is 46.8 Å². The Morgan fingerprint density at radius 2 is 1.78 bits per heavy atom. The first-order chi connectivity index (χ1) is 15.5. The van der Waals surface area contributed by atoms with Gasteiger partial charge in [-0.1, -0.05) is 11.3 Å². The number of amides is 1. The highest BCUT2D eigenvalue weighted by Gasteiger charge is 2.26. The molecule has 1 aromatic heterocycles. The van der Waals surface area contributed by atoms with Gasteiger partial charge in [-0.2, -0.15) is 9.30 Å². The fourth-order valence-electron chi connectivity index (χ4n) is 3.71. The zero-order valence-corrected chi connectivity index (χ0v) is 18.9. The van der Waals surface area contributed by atoms with Crippen LogP contribution in [0.1, 0.15) is 17.3 Å². The number of morpholine rings is 1. The van der Waals surface area contributed by atoms with E-state index < -0.39 is 15.9 Å². The van der Waals surface area contributed by atoms with Gasteiger partial charge in [-0.3, -0.25) is 4.79 Å². The van der Waals surface area contributed by atoms with E-state index in [1.54, 1.807) is 0 Å². The molecular weight excluding hydrogens is 454 g/mol. The number of hydrogen-bond donors (Lipinski definition) is 0. The Balaban J connectivity index is 1.45. The van der Waals surface area contributed by atoms with Crippen LogP contribution in [0.5, 0.6) is 11.5 Å². The number of sulfonamides is 1. The minimum atomic E-state index is -3.61. The van der Waals surface area contributed by atoms with Crippen LogP contribution >= 0.6 is 11.3 Å². The zero-order chi connectivity index (χ0) is 22.3. The Morgan fingerprint density at radius 1 is 1.09 bits per heavy atom. The van der Waals surface area contributed by atoms with Crippen LogP contribution in [0.2, 0.25) is 0 Å². The number of thiazole rings is 1. The van der Waals surface area contributed by atoms with E-state index in [-0.39, 0.29) is 11.7 Å². The van der Waals surface area contributed by atoms with Crippen LogP contribution in [-0.2, 0) is 21.3 Å². The summed E-state index contributed by atoms with van der Waals surface area (Å²) in [4.78, 5) is 17.8. The molecule has 168 valence electrons. The van der Waals surface area contributed by atoms with Gasteiger partial charge in [-0.15, -0.1) is 0 Å². The molecule has 0 radical (unpaired) electrons. The molecule has 0 spiro atoms. The van der Waals surface area contributed by atoms with Crippen molar-refractivity contribution >= 4 is 37.5 Å². The van der Waals surface area contributed by atoms with Gasteiger partial charge >= 0.3 is 0 Å². The third-order valence-electron chi connectivity index (χ3n) is 5.40. The van der Waals surface area contributed by atoms with E-state index in [9.17, 15) is 13.2 Å². The van der Waals surface area contributed by atoms with E-state index in [1.165, 1.54) is 39.9 Å². The van der Waals surface area contributed by atoms with Crippen molar-refractivity contribution < 1.29 is 27.4 Å². The minimum Gasteiger partial charge on any atom is -0.454 e. The van der Waals surface area contributed by atoms with Gasteiger partial charge in [0, 0.05) is 37.3 Å². The largest absolute Gasteiger partial charge is 0.454 e. The van der Waals surface area contributed by atoms with Crippen LogP contribution in [0, 0.1) is 0 Å². The highest BCUT2D eigenvalue weighted by molar-refractivity contribution is 7.89. The quantitative estimate of drug-likeness (QED) is 0.574. The van der Waals surface area contributed by atoms with Crippen LogP contribution in [0.3, 0.4) is 0 Å². The van der Waals surface area contributed by atoms with E-state index in [4.69, 9.17) is 14.2 Å². The number of aryl methyl sites for hydroxylation is 1. The lowest BCUT2D eigenvalue weighted by Crippen LogP contribution is -2.40. The number of carbonyl (C=O) groups is 1. The Hall–Kier alpha value is -2.73. The average Bonchev–Trinajstić information content (AvgIpc) is 3.41. The molecule has 1 saturated heterocycles. The molecule has 0 bridgehead atoms. The lowest BCUT2D eigenvalue weighted by Gasteiger charge is -2.26. The number of carbonyl (C=O) groups excluding carboxylic acids is 1. The summed E-state index contributed by atoms with van der Waals surface area (Å²) in [5, 5.41) is 0. The molecule has 5 rings (SSSR count). The van der Waals surface area contributed by atoms with E-state index in [0.717, 1.165) is 10.2 Å². The molecular formula is C21H21N3O6S2. The molecule has 3 heterocycles. The summed E-state index contributed by atoms with van der Waals surface area (Å²) in [6.07, 6.45) is 0. The number of ether oxygens (including phenoxy) is 3. The molecule has 0 saturated carbocycles. The molecule has 1 amide bonds. The predicted molar refractivity (Wildman–Crippen MR) is 118 cm³/mol. The maximum Gasteiger partial charge on any atom is 0.279 e. The smallest absolute Gasteiger partial charge is 0.279 e. The van der Waals surface area contributed by atoms with E-state index in [2.05, 4.69) is 4.99 Å². The lowest BCUT2D eigenvalue weighted by atomic mass is 10.2. The predicted octanol–water partition coefficient (Wildman–Crippen LogP) is 2.21. The number of benzene rings is 2. The fraction of sp³-hybridized carbons (Fsp3) is 0.333. The van der Waals surface area contributed by atoms with Gasteiger partial charge in [-0.25, -0.2) is 8.42 Å². The summed E-state index contributed by atoms with van der Waals surface area (Å²) in [6, 6.07) is 9.69. The Labute approximate surface area is 188 Å². The van der Waals surface area contributed by atoms with Crippen molar-refractivity contribution in [2.45, 2.75) is 18.4 Å². The molecule has 0 aliphatic carbocycles. The van der Waals surface area contributed by atoms with E-state index >= 15 is 0 Å². The van der Waals surface area contributed by atoms with Gasteiger partial charge in [0.1, 0.15) is 0 Å². The van der Waals surface area contributed by atoms with Gasteiger partial charge < -0.3 is 18.8 Å². The van der Waals surface area contributed by atoms with Gasteiger partial charge in [0.2, 0.25) is 16.8 Å². The maximum absolute atomic E-state index is 12.8. The highest BCUT2D eigenvalue weighted by atomic mass is 32.2. The summed E-state index contributed by atoms with van der Waals surface area (Å²) >= 11 is 1.39. The molecule has 1 fully saturated rings. The van der Waals surface area contributed by atoms with Gasteiger partial charge in [0.05, 0.1) is 28.3 Å². The first-order valence-corrected chi connectivity index (χ1v) is 12.4. The second-order valence-electron chi connectivity index (χ2n) is 7.26. The molecule has 2 aromatic carbocycles. The monoisotopic (exact) mass is 475 g/mol. The molecule has 0 N–H and O–H groups in total. The van der Waals surface area contributed by atoms with Crippen LogP contribution in [0.4, 0.5) is 0 Å². The molecule has 2 aliphatic rings. The number of nitrogens with zero attached hydrogens (tertiary/aromatic N) is 3. The van der Waals surface area contributed by atoms with Crippen LogP contribution in [0.15, 0.2) is 46.3 Å². The third kappa shape index (κ3) is 3.71. The highest BCUT2D eigenvalue weighted by Crippen LogP contribution is 2.37. The molecule has 9 nitrogen and oxygen atoms in total. The first kappa shape index (κ1) is 21.1. The normalized spacial score (nSPS) is 17.2. The van der Waals surface area contributed by atoms with Crippen molar-refractivity contribution in [2.75, 3.05) is 33.1 Å². The van der Waals surface area contributed by atoms with Gasteiger partial charge in [0.25, 0.3) is 5.91 Å². The van der Waals surface area contributed by atoms with Crippen molar-refractivity contribution in [3.8, 4) is 11.5 Å². The zero-order valence-electron chi connectivity index (χ0n) is 17.3. The lowest BCUT2D eigenvalue weighted by molar-refractivity contribution is 0.0730. The van der Waals surface area contributed by atoms with Crippen LogP contribution < -0.4 is 14.3 Å². The summed E-state index contributed by atoms with van der Waals surface area (Å²) in [5.74, 6) is 0.915. The second kappa shape index (κ2) is 8.32. The van der Waals surface area contributed by atoms with Crippen molar-refractivity contribution in [2.24, 2.45) is 4.99 Å². The summed E-state index contributed by atoms with van der Waals surface area (Å²) in [7, 11) is -3.61. The number of rotatable bonds is 4. The maximum atomic E-state index is 12.8. The van der Waals surface area contributed by atoms with Crippen molar-refractivity contribution in [3.63, 3.8) is 0 Å². The van der Waals surface area contributed by atoms with Crippen molar-refractivity contribution in [1.82, 2.24) is 8.87 Å². The number of hydrogen-bond acceptors (Lipinski definition) is 7. The molecule has 0 unspecified atom stereocenters. The Bertz CT molecular complexity index is 1350. The van der Waals surface area contributed by atoms with Gasteiger partial charge in [-0.05, 0) is 31.2 Å². The Morgan fingerprint density at radius 3 is 2.47 bits per heavy atom. The summed E-state index contributed by atoms with van der Waals surface area (Å²) in [5.41, 5.74) is 1.24. The topological polar surface area (TPSA) is 99.4 Å². The minimum absolute atomic E-state index is 0.149.